The lowest BCUT2D eigenvalue weighted by Crippen LogP contribution is -2.41. The van der Waals surface area contributed by atoms with E-state index in [-0.39, 0.29) is 17.9 Å². The van der Waals surface area contributed by atoms with Gasteiger partial charge in [-0.05, 0) is 18.9 Å². The lowest BCUT2D eigenvalue weighted by atomic mass is 10.0. The van der Waals surface area contributed by atoms with Crippen molar-refractivity contribution in [3.8, 4) is 0 Å². The average Bonchev–Trinajstić information content (AvgIpc) is 2.86. The van der Waals surface area contributed by atoms with Crippen LogP contribution in [-0.4, -0.2) is 24.2 Å². The summed E-state index contributed by atoms with van der Waals surface area (Å²) in [6, 6.07) is 10.2. The molecule has 1 aromatic rings. The molecule has 0 bridgehead atoms. The Morgan fingerprint density at radius 1 is 1.42 bits per heavy atom. The zero-order valence-electron chi connectivity index (χ0n) is 11.3. The van der Waals surface area contributed by atoms with Gasteiger partial charge in [0.25, 0.3) is 5.91 Å². The van der Waals surface area contributed by atoms with Crippen LogP contribution in [-0.2, 0) is 4.79 Å². The number of nitrogens with zero attached hydrogens (tertiary/aromatic N) is 1. The molecule has 0 radical (unpaired) electrons. The third-order valence-corrected chi connectivity index (χ3v) is 3.21. The fraction of sp³-hybridized carbons (Fsp3) is 0.429. The molecule has 0 spiro atoms. The Balaban J connectivity index is 1.81. The minimum atomic E-state index is -0.209. The molecule has 1 aliphatic heterocycles. The standard InChI is InChI=1S/C14H20N4O/c1-10(12-6-4-3-5-7-12)9-15-18-14(19)13-8-11(2)16-17-13/h3-7,9-11,13,16-17H,8H2,1-2H3,(H,18,19)/b15-9+. The molecule has 3 unspecified atom stereocenters. The number of hydrogen-bond donors (Lipinski definition) is 3. The van der Waals surface area contributed by atoms with Crippen LogP contribution < -0.4 is 16.3 Å². The minimum absolute atomic E-state index is 0.103. The van der Waals surface area contributed by atoms with Gasteiger partial charge in [0.2, 0.25) is 0 Å². The summed E-state index contributed by atoms with van der Waals surface area (Å²) in [7, 11) is 0. The highest BCUT2D eigenvalue weighted by Gasteiger charge is 2.26. The Hall–Kier alpha value is -1.72. The number of carbonyl (C=O) groups is 1. The van der Waals surface area contributed by atoms with Gasteiger partial charge in [0.05, 0.1) is 0 Å². The Morgan fingerprint density at radius 2 is 2.16 bits per heavy atom. The largest absolute Gasteiger partial charge is 0.271 e. The number of benzene rings is 1. The maximum absolute atomic E-state index is 11.8. The molecule has 1 aromatic carbocycles. The Labute approximate surface area is 113 Å². The van der Waals surface area contributed by atoms with Crippen LogP contribution in [0.2, 0.25) is 0 Å². The molecule has 5 nitrogen and oxygen atoms in total. The molecule has 3 N–H and O–H groups in total. The molecular weight excluding hydrogens is 240 g/mol. The summed E-state index contributed by atoms with van der Waals surface area (Å²) in [6.45, 7) is 4.07. The second-order valence-electron chi connectivity index (χ2n) is 4.93. The first kappa shape index (κ1) is 13.7. The second kappa shape index (κ2) is 6.45. The summed E-state index contributed by atoms with van der Waals surface area (Å²) in [5.41, 5.74) is 9.70. The van der Waals surface area contributed by atoms with Crippen LogP contribution in [0.5, 0.6) is 0 Å². The summed E-state index contributed by atoms with van der Waals surface area (Å²) in [4.78, 5) is 11.8. The van der Waals surface area contributed by atoms with Gasteiger partial charge in [-0.15, -0.1) is 0 Å². The molecule has 0 saturated carbocycles. The van der Waals surface area contributed by atoms with Gasteiger partial charge in [0.1, 0.15) is 6.04 Å². The topological polar surface area (TPSA) is 65.5 Å². The van der Waals surface area contributed by atoms with Crippen molar-refractivity contribution < 1.29 is 4.79 Å². The Morgan fingerprint density at radius 3 is 2.79 bits per heavy atom. The predicted octanol–water partition coefficient (Wildman–Crippen LogP) is 1.15. The van der Waals surface area contributed by atoms with Crippen LogP contribution in [0.1, 0.15) is 31.7 Å². The molecule has 102 valence electrons. The van der Waals surface area contributed by atoms with E-state index in [0.717, 1.165) is 6.42 Å². The number of nitrogens with one attached hydrogen (secondary N) is 3. The first-order valence-electron chi connectivity index (χ1n) is 6.56. The van der Waals surface area contributed by atoms with Crippen molar-refractivity contribution in [1.29, 1.82) is 0 Å². The zero-order chi connectivity index (χ0) is 13.7. The van der Waals surface area contributed by atoms with Gasteiger partial charge in [0, 0.05) is 18.2 Å². The van der Waals surface area contributed by atoms with E-state index in [4.69, 9.17) is 0 Å². The maximum Gasteiger partial charge on any atom is 0.258 e. The number of rotatable bonds is 4. The van der Waals surface area contributed by atoms with E-state index in [0.29, 0.717) is 6.04 Å². The van der Waals surface area contributed by atoms with Gasteiger partial charge in [-0.1, -0.05) is 37.3 Å². The van der Waals surface area contributed by atoms with E-state index in [1.165, 1.54) is 5.56 Å². The molecule has 1 saturated heterocycles. The van der Waals surface area contributed by atoms with Crippen LogP contribution in [0, 0.1) is 0 Å². The lowest BCUT2D eigenvalue weighted by Gasteiger charge is -2.08. The third kappa shape index (κ3) is 3.87. The summed E-state index contributed by atoms with van der Waals surface area (Å²) < 4.78 is 0. The van der Waals surface area contributed by atoms with Crippen LogP contribution >= 0.6 is 0 Å². The van der Waals surface area contributed by atoms with E-state index in [1.54, 1.807) is 6.21 Å². The van der Waals surface area contributed by atoms with Gasteiger partial charge < -0.3 is 0 Å². The third-order valence-electron chi connectivity index (χ3n) is 3.21. The van der Waals surface area contributed by atoms with Crippen molar-refractivity contribution in [3.05, 3.63) is 35.9 Å². The van der Waals surface area contributed by atoms with Gasteiger partial charge in [-0.25, -0.2) is 10.9 Å². The number of hydrazone groups is 1. The number of hydrogen-bond acceptors (Lipinski definition) is 4. The SMILES string of the molecule is CC1CC(C(=O)N/N=C/C(C)c2ccccc2)NN1. The molecule has 1 fully saturated rings. The van der Waals surface area contributed by atoms with Crippen molar-refractivity contribution in [3.63, 3.8) is 0 Å². The van der Waals surface area contributed by atoms with Gasteiger partial charge >= 0.3 is 0 Å². The first-order valence-corrected chi connectivity index (χ1v) is 6.56. The molecule has 2 rings (SSSR count). The zero-order valence-corrected chi connectivity index (χ0v) is 11.3. The van der Waals surface area contributed by atoms with Crippen LogP contribution in [0.15, 0.2) is 35.4 Å². The van der Waals surface area contributed by atoms with Crippen molar-refractivity contribution in [2.75, 3.05) is 0 Å². The van der Waals surface area contributed by atoms with Gasteiger partial charge in [-0.2, -0.15) is 5.10 Å². The quantitative estimate of drug-likeness (QED) is 0.562. The minimum Gasteiger partial charge on any atom is -0.271 e. The molecule has 5 heteroatoms. The monoisotopic (exact) mass is 260 g/mol. The fourth-order valence-electron chi connectivity index (χ4n) is 2.02. The Bertz CT molecular complexity index is 446. The smallest absolute Gasteiger partial charge is 0.258 e. The maximum atomic E-state index is 11.8. The number of amides is 1. The molecule has 19 heavy (non-hydrogen) atoms. The lowest BCUT2D eigenvalue weighted by molar-refractivity contribution is -0.122. The normalized spacial score (nSPS) is 24.5. The number of carbonyl (C=O) groups excluding carboxylic acids is 1. The molecule has 1 heterocycles. The van der Waals surface area contributed by atoms with E-state index in [1.807, 2.05) is 44.2 Å². The van der Waals surface area contributed by atoms with Crippen LogP contribution in [0.3, 0.4) is 0 Å². The average molecular weight is 260 g/mol. The molecule has 0 aliphatic carbocycles. The summed E-state index contributed by atoms with van der Waals surface area (Å²) in [5.74, 6) is 0.0726. The summed E-state index contributed by atoms with van der Waals surface area (Å²) >= 11 is 0. The second-order valence-corrected chi connectivity index (χ2v) is 4.93. The summed E-state index contributed by atoms with van der Waals surface area (Å²) in [5, 5.41) is 4.02. The molecule has 1 amide bonds. The Kier molecular flexibility index (Phi) is 4.65. The van der Waals surface area contributed by atoms with E-state index in [2.05, 4.69) is 21.4 Å². The van der Waals surface area contributed by atoms with E-state index < -0.39 is 0 Å². The van der Waals surface area contributed by atoms with Gasteiger partial charge in [-0.3, -0.25) is 10.2 Å². The summed E-state index contributed by atoms with van der Waals surface area (Å²) in [6.07, 6.45) is 2.52. The predicted molar refractivity (Wildman–Crippen MR) is 75.6 cm³/mol. The van der Waals surface area contributed by atoms with Crippen molar-refractivity contribution in [2.24, 2.45) is 5.10 Å². The van der Waals surface area contributed by atoms with E-state index in [9.17, 15) is 4.79 Å². The van der Waals surface area contributed by atoms with Crippen molar-refractivity contribution in [2.45, 2.75) is 38.3 Å². The highest BCUT2D eigenvalue weighted by molar-refractivity contribution is 5.82. The highest BCUT2D eigenvalue weighted by atomic mass is 16.2. The van der Waals surface area contributed by atoms with Crippen LogP contribution in [0.4, 0.5) is 0 Å². The molecule has 0 aromatic heterocycles. The molecule has 3 atom stereocenters. The van der Waals surface area contributed by atoms with Crippen molar-refractivity contribution in [1.82, 2.24) is 16.3 Å². The first-order chi connectivity index (χ1) is 9.16. The molecular formula is C14H20N4O. The molecule has 1 aliphatic rings. The van der Waals surface area contributed by atoms with Crippen molar-refractivity contribution >= 4 is 12.1 Å². The fourth-order valence-corrected chi connectivity index (χ4v) is 2.02. The van der Waals surface area contributed by atoms with Crippen LogP contribution in [0.25, 0.3) is 0 Å². The van der Waals surface area contributed by atoms with E-state index >= 15 is 0 Å². The number of hydrazine groups is 1. The van der Waals surface area contributed by atoms with Gasteiger partial charge in [0.15, 0.2) is 0 Å². The highest BCUT2D eigenvalue weighted by Crippen LogP contribution is 2.11.